The van der Waals surface area contributed by atoms with E-state index in [-0.39, 0.29) is 5.69 Å². The van der Waals surface area contributed by atoms with Gasteiger partial charge >= 0.3 is 11.7 Å². The maximum absolute atomic E-state index is 12.8. The highest BCUT2D eigenvalue weighted by Crippen LogP contribution is 2.20. The molecule has 0 amide bonds. The normalized spacial score (nSPS) is 11.5. The van der Waals surface area contributed by atoms with Crippen molar-refractivity contribution in [3.8, 4) is 5.75 Å². The predicted molar refractivity (Wildman–Crippen MR) is 123 cm³/mol. The number of carbonyl (C=O) groups is 1. The second-order valence-electron chi connectivity index (χ2n) is 8.44. The number of benzene rings is 2. The van der Waals surface area contributed by atoms with Crippen LogP contribution in [0.5, 0.6) is 5.75 Å². The Balaban J connectivity index is 1.63. The van der Waals surface area contributed by atoms with E-state index in [1.165, 1.54) is 13.8 Å². The molecule has 0 unspecified atom stereocenters. The number of rotatable bonds is 10. The molecule has 0 fully saturated rings. The molecule has 3 rings (SSSR count). The molecule has 0 aliphatic heterocycles. The van der Waals surface area contributed by atoms with Crippen molar-refractivity contribution < 1.29 is 14.6 Å². The molecule has 3 aromatic rings. The molecule has 0 saturated heterocycles. The average molecular weight is 438 g/mol. The Morgan fingerprint density at radius 1 is 1.09 bits per heavy atom. The summed E-state index contributed by atoms with van der Waals surface area (Å²) in [5, 5.41) is 13.8. The number of hydrogen-bond acceptors (Lipinski definition) is 4. The zero-order chi connectivity index (χ0) is 23.3. The number of carboxylic acids is 1. The van der Waals surface area contributed by atoms with Crippen molar-refractivity contribution in [2.45, 2.75) is 65.6 Å². The molecular formula is C25H31N3O4. The second kappa shape index (κ2) is 9.85. The van der Waals surface area contributed by atoms with Crippen molar-refractivity contribution in [3.63, 3.8) is 0 Å². The molecule has 1 heterocycles. The van der Waals surface area contributed by atoms with E-state index >= 15 is 0 Å². The Kier molecular flexibility index (Phi) is 7.18. The van der Waals surface area contributed by atoms with Crippen LogP contribution in [-0.2, 0) is 30.7 Å². The summed E-state index contributed by atoms with van der Waals surface area (Å²) >= 11 is 0. The van der Waals surface area contributed by atoms with Gasteiger partial charge in [0.15, 0.2) is 5.60 Å². The number of carboxylic acid groups (broad SMARTS) is 1. The van der Waals surface area contributed by atoms with Crippen LogP contribution in [0, 0.1) is 6.92 Å². The van der Waals surface area contributed by atoms with Gasteiger partial charge in [-0.25, -0.2) is 14.3 Å². The Bertz CT molecular complexity index is 1130. The fourth-order valence-corrected chi connectivity index (χ4v) is 3.55. The number of ether oxygens (including phenoxy) is 1. The third kappa shape index (κ3) is 5.46. The van der Waals surface area contributed by atoms with Crippen LogP contribution in [0.4, 0.5) is 0 Å². The molecule has 0 atom stereocenters. The molecule has 32 heavy (non-hydrogen) atoms. The topological polar surface area (TPSA) is 86.3 Å². The van der Waals surface area contributed by atoms with Crippen LogP contribution in [-0.4, -0.2) is 31.0 Å². The van der Waals surface area contributed by atoms with Gasteiger partial charge in [0.05, 0.1) is 6.54 Å². The first-order chi connectivity index (χ1) is 15.2. The number of aryl methyl sites for hydroxylation is 3. The van der Waals surface area contributed by atoms with Gasteiger partial charge in [-0.1, -0.05) is 36.4 Å². The monoisotopic (exact) mass is 437 g/mol. The first kappa shape index (κ1) is 23.3. The van der Waals surface area contributed by atoms with Gasteiger partial charge in [0.2, 0.25) is 0 Å². The molecule has 0 radical (unpaired) electrons. The SMILES string of the molecule is CCn1c(CCCc2ccc(OC(C)(C)C(=O)O)cc2)nn(Cc2ccccc2C)c1=O. The lowest BCUT2D eigenvalue weighted by Crippen LogP contribution is -2.37. The van der Waals surface area contributed by atoms with Gasteiger partial charge < -0.3 is 9.84 Å². The molecular weight excluding hydrogens is 406 g/mol. The lowest BCUT2D eigenvalue weighted by molar-refractivity contribution is -0.152. The first-order valence-electron chi connectivity index (χ1n) is 10.9. The molecule has 0 bridgehead atoms. The van der Waals surface area contributed by atoms with E-state index in [0.717, 1.165) is 35.4 Å². The van der Waals surface area contributed by atoms with E-state index in [4.69, 9.17) is 4.74 Å². The molecule has 170 valence electrons. The van der Waals surface area contributed by atoms with Crippen molar-refractivity contribution in [2.75, 3.05) is 0 Å². The Morgan fingerprint density at radius 3 is 2.41 bits per heavy atom. The second-order valence-corrected chi connectivity index (χ2v) is 8.44. The molecule has 0 aliphatic carbocycles. The van der Waals surface area contributed by atoms with E-state index in [9.17, 15) is 14.7 Å². The molecule has 1 N–H and O–H groups in total. The fraction of sp³-hybridized carbons (Fsp3) is 0.400. The van der Waals surface area contributed by atoms with Gasteiger partial charge in [0, 0.05) is 13.0 Å². The van der Waals surface area contributed by atoms with Crippen LogP contribution < -0.4 is 10.4 Å². The third-order valence-corrected chi connectivity index (χ3v) is 5.57. The van der Waals surface area contributed by atoms with Crippen LogP contribution in [0.2, 0.25) is 0 Å². The van der Waals surface area contributed by atoms with Gasteiger partial charge in [0.25, 0.3) is 0 Å². The number of aromatic nitrogens is 3. The molecule has 2 aromatic carbocycles. The van der Waals surface area contributed by atoms with Crippen LogP contribution >= 0.6 is 0 Å². The lowest BCUT2D eigenvalue weighted by atomic mass is 10.1. The Labute approximate surface area is 188 Å². The fourth-order valence-electron chi connectivity index (χ4n) is 3.55. The van der Waals surface area contributed by atoms with E-state index in [2.05, 4.69) is 5.10 Å². The zero-order valence-corrected chi connectivity index (χ0v) is 19.2. The summed E-state index contributed by atoms with van der Waals surface area (Å²) in [6.07, 6.45) is 2.38. The smallest absolute Gasteiger partial charge is 0.347 e. The Morgan fingerprint density at radius 2 is 1.78 bits per heavy atom. The van der Waals surface area contributed by atoms with Gasteiger partial charge in [0.1, 0.15) is 11.6 Å². The Hall–Kier alpha value is -3.35. The average Bonchev–Trinajstić information content (AvgIpc) is 3.05. The maximum atomic E-state index is 12.8. The van der Waals surface area contributed by atoms with E-state index in [1.807, 2.05) is 50.2 Å². The van der Waals surface area contributed by atoms with Gasteiger partial charge in [-0.3, -0.25) is 4.57 Å². The predicted octanol–water partition coefficient (Wildman–Crippen LogP) is 3.84. The number of aliphatic carboxylic acids is 1. The summed E-state index contributed by atoms with van der Waals surface area (Å²) < 4.78 is 8.84. The van der Waals surface area contributed by atoms with Crippen molar-refractivity contribution >= 4 is 5.97 Å². The van der Waals surface area contributed by atoms with Crippen LogP contribution in [0.25, 0.3) is 0 Å². The largest absolute Gasteiger partial charge is 0.478 e. The summed E-state index contributed by atoms with van der Waals surface area (Å²) in [5.74, 6) is 0.315. The summed E-state index contributed by atoms with van der Waals surface area (Å²) in [5.41, 5.74) is 2.01. The van der Waals surface area contributed by atoms with Gasteiger partial charge in [-0.15, -0.1) is 0 Å². The van der Waals surface area contributed by atoms with Crippen LogP contribution in [0.3, 0.4) is 0 Å². The summed E-state index contributed by atoms with van der Waals surface area (Å²) in [7, 11) is 0. The summed E-state index contributed by atoms with van der Waals surface area (Å²) in [4.78, 5) is 24.0. The molecule has 7 nitrogen and oxygen atoms in total. The van der Waals surface area contributed by atoms with E-state index in [1.54, 1.807) is 21.4 Å². The first-order valence-corrected chi connectivity index (χ1v) is 10.9. The maximum Gasteiger partial charge on any atom is 0.347 e. The number of hydrogen-bond donors (Lipinski definition) is 1. The van der Waals surface area contributed by atoms with Crippen molar-refractivity contribution in [1.29, 1.82) is 0 Å². The minimum atomic E-state index is -1.28. The van der Waals surface area contributed by atoms with Crippen molar-refractivity contribution in [1.82, 2.24) is 14.3 Å². The zero-order valence-electron chi connectivity index (χ0n) is 19.2. The van der Waals surface area contributed by atoms with Crippen molar-refractivity contribution in [3.05, 3.63) is 81.5 Å². The molecule has 0 saturated carbocycles. The van der Waals surface area contributed by atoms with Crippen LogP contribution in [0.15, 0.2) is 53.3 Å². The molecule has 7 heteroatoms. The molecule has 0 spiro atoms. The molecule has 0 aliphatic rings. The van der Waals surface area contributed by atoms with E-state index in [0.29, 0.717) is 25.3 Å². The highest BCUT2D eigenvalue weighted by atomic mass is 16.5. The van der Waals surface area contributed by atoms with Crippen molar-refractivity contribution in [2.24, 2.45) is 0 Å². The highest BCUT2D eigenvalue weighted by molar-refractivity contribution is 5.76. The minimum absolute atomic E-state index is 0.0756. The van der Waals surface area contributed by atoms with E-state index < -0.39 is 11.6 Å². The quantitative estimate of drug-likeness (QED) is 0.521. The highest BCUT2D eigenvalue weighted by Gasteiger charge is 2.29. The minimum Gasteiger partial charge on any atom is -0.478 e. The lowest BCUT2D eigenvalue weighted by Gasteiger charge is -2.21. The van der Waals surface area contributed by atoms with Crippen LogP contribution in [0.1, 0.15) is 49.7 Å². The van der Waals surface area contributed by atoms with Gasteiger partial charge in [-0.2, -0.15) is 5.10 Å². The standard InChI is InChI=1S/C25H31N3O4/c1-5-27-22(26-28(24(27)31)17-20-11-7-6-9-18(20)2)12-8-10-19-13-15-21(16-14-19)32-25(3,4)23(29)30/h6-7,9,11,13-16H,5,8,10,12,17H2,1-4H3,(H,29,30). The summed E-state index contributed by atoms with van der Waals surface area (Å²) in [6, 6.07) is 15.5. The third-order valence-electron chi connectivity index (χ3n) is 5.57. The summed E-state index contributed by atoms with van der Waals surface area (Å²) in [6.45, 7) is 8.11. The van der Waals surface area contributed by atoms with Gasteiger partial charge in [-0.05, 0) is 69.4 Å². The molecule has 1 aromatic heterocycles. The number of nitrogens with zero attached hydrogens (tertiary/aromatic N) is 3.